The summed E-state index contributed by atoms with van der Waals surface area (Å²) in [6, 6.07) is 16.4. The highest BCUT2D eigenvalue weighted by molar-refractivity contribution is 6.46. The number of Topliss-reactive ketones (excluding diaryl/α,β-unsaturated/α-hetero) is 1. The second-order valence-corrected chi connectivity index (χ2v) is 9.61. The van der Waals surface area contributed by atoms with E-state index < -0.39 is 17.7 Å². The van der Waals surface area contributed by atoms with Crippen molar-refractivity contribution in [2.24, 2.45) is 0 Å². The van der Waals surface area contributed by atoms with Gasteiger partial charge in [0.05, 0.1) is 11.6 Å². The summed E-state index contributed by atoms with van der Waals surface area (Å²) in [6.07, 6.45) is 0.761. The van der Waals surface area contributed by atoms with E-state index in [1.54, 1.807) is 17.0 Å². The summed E-state index contributed by atoms with van der Waals surface area (Å²) in [5.41, 5.74) is 2.71. The number of likely N-dealkylation sites (tertiary alicyclic amines) is 1. The van der Waals surface area contributed by atoms with Crippen LogP contribution in [-0.4, -0.2) is 52.8 Å². The average molecular weight is 449 g/mol. The molecule has 176 valence electrons. The summed E-state index contributed by atoms with van der Waals surface area (Å²) >= 11 is 0. The monoisotopic (exact) mass is 448 g/mol. The van der Waals surface area contributed by atoms with Crippen LogP contribution in [-0.2, 0) is 15.0 Å². The van der Waals surface area contributed by atoms with Gasteiger partial charge in [0.15, 0.2) is 0 Å². The molecule has 5 heteroatoms. The van der Waals surface area contributed by atoms with Crippen LogP contribution in [0.15, 0.2) is 60.2 Å². The first-order valence-electron chi connectivity index (χ1n) is 11.9. The number of hydrogen-bond acceptors (Lipinski definition) is 4. The molecule has 0 spiro atoms. The standard InChI is InChI=1S/C28H36N2O3/c1-6-29(7-2)18-11-19-30-24(20-14-16-22(17-15-20)28(3,4)5)23(26(32)27(30)33)25(31)21-12-9-8-10-13-21/h8-10,12-17,24,31H,6-7,11,18-19H2,1-5H3/t24-/m0/s1. The Hall–Kier alpha value is -2.92. The molecule has 0 bridgehead atoms. The molecule has 1 amide bonds. The number of hydrogen-bond donors (Lipinski definition) is 1. The number of nitrogens with zero attached hydrogens (tertiary/aromatic N) is 2. The molecule has 5 nitrogen and oxygen atoms in total. The summed E-state index contributed by atoms with van der Waals surface area (Å²) in [5, 5.41) is 11.1. The minimum Gasteiger partial charge on any atom is -0.507 e. The minimum absolute atomic E-state index is 0.00581. The maximum absolute atomic E-state index is 13.1. The molecule has 33 heavy (non-hydrogen) atoms. The SMILES string of the molecule is CCN(CC)CCCN1C(=O)C(=O)C(=C(O)c2ccccc2)[C@@H]1c1ccc(C(C)(C)C)cc1. The summed E-state index contributed by atoms with van der Waals surface area (Å²) in [4.78, 5) is 30.2. The molecule has 2 aromatic carbocycles. The van der Waals surface area contributed by atoms with Gasteiger partial charge in [-0.3, -0.25) is 9.59 Å². The van der Waals surface area contributed by atoms with Crippen LogP contribution in [0.2, 0.25) is 0 Å². The van der Waals surface area contributed by atoms with Gasteiger partial charge in [-0.1, -0.05) is 89.2 Å². The van der Waals surface area contributed by atoms with E-state index in [0.717, 1.165) is 31.6 Å². The van der Waals surface area contributed by atoms with Gasteiger partial charge in [-0.15, -0.1) is 0 Å². The topological polar surface area (TPSA) is 60.9 Å². The number of aliphatic hydroxyl groups excluding tert-OH is 1. The molecule has 2 aromatic rings. The Labute approximate surface area is 197 Å². The number of aliphatic hydroxyl groups is 1. The third-order valence-electron chi connectivity index (χ3n) is 6.45. The fourth-order valence-electron chi connectivity index (χ4n) is 4.38. The normalized spacial score (nSPS) is 18.4. The van der Waals surface area contributed by atoms with Crippen LogP contribution in [0.5, 0.6) is 0 Å². The van der Waals surface area contributed by atoms with Crippen LogP contribution >= 0.6 is 0 Å². The third-order valence-corrected chi connectivity index (χ3v) is 6.45. The lowest BCUT2D eigenvalue weighted by Gasteiger charge is -2.27. The summed E-state index contributed by atoms with van der Waals surface area (Å²) in [5.74, 6) is -1.29. The zero-order valence-corrected chi connectivity index (χ0v) is 20.5. The molecule has 0 unspecified atom stereocenters. The molecule has 0 aromatic heterocycles. The van der Waals surface area contributed by atoms with Gasteiger partial charge >= 0.3 is 0 Å². The average Bonchev–Trinajstić information content (AvgIpc) is 3.06. The molecule has 0 saturated carbocycles. The van der Waals surface area contributed by atoms with E-state index in [-0.39, 0.29) is 16.7 Å². The molecule has 3 rings (SSSR count). The van der Waals surface area contributed by atoms with Crippen LogP contribution in [0.3, 0.4) is 0 Å². The predicted molar refractivity (Wildman–Crippen MR) is 133 cm³/mol. The molecule has 1 aliphatic rings. The van der Waals surface area contributed by atoms with Crippen molar-refractivity contribution < 1.29 is 14.7 Å². The molecule has 1 N–H and O–H groups in total. The van der Waals surface area contributed by atoms with Gasteiger partial charge in [0.2, 0.25) is 0 Å². The highest BCUT2D eigenvalue weighted by Gasteiger charge is 2.45. The second-order valence-electron chi connectivity index (χ2n) is 9.61. The van der Waals surface area contributed by atoms with E-state index in [4.69, 9.17) is 0 Å². The van der Waals surface area contributed by atoms with Crippen molar-refractivity contribution in [1.29, 1.82) is 0 Å². The maximum atomic E-state index is 13.1. The Kier molecular flexibility index (Phi) is 7.75. The van der Waals surface area contributed by atoms with E-state index in [0.29, 0.717) is 12.1 Å². The number of rotatable bonds is 8. The van der Waals surface area contributed by atoms with Crippen LogP contribution in [0, 0.1) is 0 Å². The second kappa shape index (κ2) is 10.3. The lowest BCUT2D eigenvalue weighted by molar-refractivity contribution is -0.140. The van der Waals surface area contributed by atoms with Crippen molar-refractivity contribution >= 4 is 17.4 Å². The van der Waals surface area contributed by atoms with Gasteiger partial charge in [0.1, 0.15) is 5.76 Å². The Bertz CT molecular complexity index is 1000. The Balaban J connectivity index is 2.03. The van der Waals surface area contributed by atoms with Crippen molar-refractivity contribution in [3.05, 3.63) is 76.9 Å². The first-order valence-corrected chi connectivity index (χ1v) is 11.9. The molecule has 0 aliphatic carbocycles. The van der Waals surface area contributed by atoms with Gasteiger partial charge in [-0.05, 0) is 42.6 Å². The van der Waals surface area contributed by atoms with Crippen molar-refractivity contribution in [2.75, 3.05) is 26.2 Å². The first kappa shape index (κ1) is 24.7. The summed E-state index contributed by atoms with van der Waals surface area (Å²) in [6.45, 7) is 13.9. The van der Waals surface area contributed by atoms with E-state index >= 15 is 0 Å². The van der Waals surface area contributed by atoms with Crippen molar-refractivity contribution in [2.45, 2.75) is 52.5 Å². The fourth-order valence-corrected chi connectivity index (χ4v) is 4.38. The summed E-state index contributed by atoms with van der Waals surface area (Å²) < 4.78 is 0. The maximum Gasteiger partial charge on any atom is 0.295 e. The van der Waals surface area contributed by atoms with Crippen LogP contribution in [0.4, 0.5) is 0 Å². The molecule has 1 fully saturated rings. The third kappa shape index (κ3) is 5.36. The molecular weight excluding hydrogens is 412 g/mol. The molecule has 1 saturated heterocycles. The summed E-state index contributed by atoms with van der Waals surface area (Å²) in [7, 11) is 0. The van der Waals surface area contributed by atoms with Gasteiger partial charge < -0.3 is 14.9 Å². The van der Waals surface area contributed by atoms with Crippen LogP contribution < -0.4 is 0 Å². The van der Waals surface area contributed by atoms with E-state index in [2.05, 4.69) is 39.5 Å². The van der Waals surface area contributed by atoms with Gasteiger partial charge in [0.25, 0.3) is 11.7 Å². The van der Waals surface area contributed by atoms with E-state index in [1.165, 1.54) is 5.56 Å². The smallest absolute Gasteiger partial charge is 0.295 e. The van der Waals surface area contributed by atoms with Gasteiger partial charge in [0, 0.05) is 12.1 Å². The molecule has 1 aliphatic heterocycles. The lowest BCUT2D eigenvalue weighted by Crippen LogP contribution is -2.33. The highest BCUT2D eigenvalue weighted by Crippen LogP contribution is 2.40. The Morgan fingerprint density at radius 1 is 0.970 bits per heavy atom. The molecule has 1 atom stereocenters. The van der Waals surface area contributed by atoms with Gasteiger partial charge in [-0.2, -0.15) is 0 Å². The zero-order chi connectivity index (χ0) is 24.2. The Morgan fingerprint density at radius 2 is 1.58 bits per heavy atom. The highest BCUT2D eigenvalue weighted by atomic mass is 16.3. The minimum atomic E-state index is -0.621. The Morgan fingerprint density at radius 3 is 2.12 bits per heavy atom. The van der Waals surface area contributed by atoms with Crippen molar-refractivity contribution in [3.8, 4) is 0 Å². The largest absolute Gasteiger partial charge is 0.507 e. The van der Waals surface area contributed by atoms with Crippen molar-refractivity contribution in [3.63, 3.8) is 0 Å². The van der Waals surface area contributed by atoms with Crippen LogP contribution in [0.25, 0.3) is 5.76 Å². The molecule has 1 heterocycles. The van der Waals surface area contributed by atoms with Crippen LogP contribution in [0.1, 0.15) is 63.8 Å². The quantitative estimate of drug-likeness (QED) is 0.345. The number of ketones is 1. The van der Waals surface area contributed by atoms with E-state index in [9.17, 15) is 14.7 Å². The zero-order valence-electron chi connectivity index (χ0n) is 20.5. The fraction of sp³-hybridized carbons (Fsp3) is 0.429. The molecular formula is C28H36N2O3. The number of benzene rings is 2. The molecule has 0 radical (unpaired) electrons. The number of amides is 1. The predicted octanol–water partition coefficient (Wildman–Crippen LogP) is 5.14. The van der Waals surface area contributed by atoms with E-state index in [1.807, 2.05) is 42.5 Å². The first-order chi connectivity index (χ1) is 15.7. The number of carbonyl (C=O) groups excluding carboxylic acids is 2. The lowest BCUT2D eigenvalue weighted by atomic mass is 9.85. The van der Waals surface area contributed by atoms with Crippen molar-refractivity contribution in [1.82, 2.24) is 9.80 Å². The van der Waals surface area contributed by atoms with Gasteiger partial charge in [-0.25, -0.2) is 0 Å². The number of carbonyl (C=O) groups is 2.